The lowest BCUT2D eigenvalue weighted by Crippen LogP contribution is -2.48. The number of carbonyl (C=O) groups is 1. The van der Waals surface area contributed by atoms with Crippen LogP contribution in [0.4, 0.5) is 4.79 Å². The summed E-state index contributed by atoms with van der Waals surface area (Å²) >= 11 is 11.8. The van der Waals surface area contributed by atoms with Gasteiger partial charge in [-0.05, 0) is 38.5 Å². The van der Waals surface area contributed by atoms with E-state index in [1.165, 1.54) is 4.90 Å². The fourth-order valence-electron chi connectivity index (χ4n) is 1.63. The number of aliphatic hydroxyl groups is 1. The summed E-state index contributed by atoms with van der Waals surface area (Å²) in [5.74, 6) is 0. The van der Waals surface area contributed by atoms with E-state index >= 15 is 0 Å². The van der Waals surface area contributed by atoms with Gasteiger partial charge in [0.2, 0.25) is 0 Å². The van der Waals surface area contributed by atoms with E-state index in [-0.39, 0.29) is 24.7 Å². The molecule has 20 heavy (non-hydrogen) atoms. The van der Waals surface area contributed by atoms with Crippen LogP contribution < -0.4 is 5.32 Å². The molecule has 2 N–H and O–H groups in total. The largest absolute Gasteiger partial charge is 0.395 e. The van der Waals surface area contributed by atoms with Gasteiger partial charge in [-0.2, -0.15) is 0 Å². The van der Waals surface area contributed by atoms with Gasteiger partial charge in [0, 0.05) is 18.6 Å². The molecule has 2 amide bonds. The van der Waals surface area contributed by atoms with Crippen molar-refractivity contribution in [3.8, 4) is 0 Å². The highest BCUT2D eigenvalue weighted by Crippen LogP contribution is 2.23. The van der Waals surface area contributed by atoms with Gasteiger partial charge >= 0.3 is 6.03 Å². The minimum absolute atomic E-state index is 0.0983. The van der Waals surface area contributed by atoms with Crippen molar-refractivity contribution in [3.63, 3.8) is 0 Å². The predicted octanol–water partition coefficient (Wildman–Crippen LogP) is 3.30. The summed E-state index contributed by atoms with van der Waals surface area (Å²) in [5.41, 5.74) is 0.527. The average molecular weight is 319 g/mol. The van der Waals surface area contributed by atoms with Crippen LogP contribution in [-0.2, 0) is 6.54 Å². The van der Waals surface area contributed by atoms with Gasteiger partial charge < -0.3 is 15.3 Å². The highest BCUT2D eigenvalue weighted by molar-refractivity contribution is 6.42. The molecule has 0 saturated heterocycles. The molecule has 0 unspecified atom stereocenters. The van der Waals surface area contributed by atoms with Crippen LogP contribution >= 0.6 is 23.2 Å². The predicted molar refractivity (Wildman–Crippen MR) is 82.2 cm³/mol. The van der Waals surface area contributed by atoms with Gasteiger partial charge in [-0.1, -0.05) is 29.3 Å². The molecule has 0 aliphatic heterocycles. The molecule has 0 aliphatic carbocycles. The standard InChI is InChI=1S/C14H20Cl2N2O2/c1-14(2,3)17-13(20)18(6-7-19)9-10-4-5-11(15)12(16)8-10/h4-5,8,19H,6-7,9H2,1-3H3,(H,17,20). The van der Waals surface area contributed by atoms with Crippen LogP contribution in [0.3, 0.4) is 0 Å². The maximum atomic E-state index is 12.1. The Morgan fingerprint density at radius 2 is 1.95 bits per heavy atom. The van der Waals surface area contributed by atoms with Crippen LogP contribution in [0.1, 0.15) is 26.3 Å². The Bertz CT molecular complexity index is 473. The number of urea groups is 1. The zero-order valence-corrected chi connectivity index (χ0v) is 13.4. The van der Waals surface area contributed by atoms with Crippen LogP contribution in [0.25, 0.3) is 0 Å². The topological polar surface area (TPSA) is 52.6 Å². The van der Waals surface area contributed by atoms with Crippen molar-refractivity contribution in [1.82, 2.24) is 10.2 Å². The summed E-state index contributed by atoms with van der Waals surface area (Å²) in [7, 11) is 0. The van der Waals surface area contributed by atoms with Crippen LogP contribution in [0.2, 0.25) is 10.0 Å². The lowest BCUT2D eigenvalue weighted by Gasteiger charge is -2.28. The molecule has 1 rings (SSSR count). The second-order valence-corrected chi connectivity index (χ2v) is 6.39. The van der Waals surface area contributed by atoms with Crippen molar-refractivity contribution in [3.05, 3.63) is 33.8 Å². The maximum absolute atomic E-state index is 12.1. The van der Waals surface area contributed by atoms with E-state index in [0.717, 1.165) is 5.56 Å². The van der Waals surface area contributed by atoms with E-state index in [1.807, 2.05) is 26.8 Å². The number of nitrogens with zero attached hydrogens (tertiary/aromatic N) is 1. The molecular weight excluding hydrogens is 299 g/mol. The fourth-order valence-corrected chi connectivity index (χ4v) is 1.95. The normalized spacial score (nSPS) is 11.3. The SMILES string of the molecule is CC(C)(C)NC(=O)N(CCO)Cc1ccc(Cl)c(Cl)c1. The minimum Gasteiger partial charge on any atom is -0.395 e. The molecule has 0 spiro atoms. The Morgan fingerprint density at radius 3 is 2.45 bits per heavy atom. The van der Waals surface area contributed by atoms with E-state index < -0.39 is 0 Å². The zero-order valence-electron chi connectivity index (χ0n) is 11.9. The lowest BCUT2D eigenvalue weighted by atomic mass is 10.1. The third-order valence-electron chi connectivity index (χ3n) is 2.50. The van der Waals surface area contributed by atoms with Crippen LogP contribution in [-0.4, -0.2) is 34.7 Å². The molecule has 112 valence electrons. The second-order valence-electron chi connectivity index (χ2n) is 5.57. The number of nitrogens with one attached hydrogen (secondary N) is 1. The first-order valence-electron chi connectivity index (χ1n) is 6.35. The number of rotatable bonds is 4. The number of carbonyl (C=O) groups excluding carboxylic acids is 1. The second kappa shape index (κ2) is 7.16. The van der Waals surface area contributed by atoms with Gasteiger partial charge in [-0.25, -0.2) is 4.79 Å². The number of amides is 2. The summed E-state index contributed by atoms with van der Waals surface area (Å²) < 4.78 is 0. The van der Waals surface area contributed by atoms with Gasteiger partial charge in [-0.15, -0.1) is 0 Å². The molecule has 6 heteroatoms. The Hall–Kier alpha value is -0.970. The molecule has 0 bridgehead atoms. The third kappa shape index (κ3) is 5.57. The van der Waals surface area contributed by atoms with Crippen LogP contribution in [0.15, 0.2) is 18.2 Å². The monoisotopic (exact) mass is 318 g/mol. The highest BCUT2D eigenvalue weighted by Gasteiger charge is 2.19. The zero-order chi connectivity index (χ0) is 15.3. The number of hydrogen-bond acceptors (Lipinski definition) is 2. The summed E-state index contributed by atoms with van der Waals surface area (Å²) in [4.78, 5) is 13.7. The van der Waals surface area contributed by atoms with Crippen molar-refractivity contribution < 1.29 is 9.90 Å². The Morgan fingerprint density at radius 1 is 1.30 bits per heavy atom. The quantitative estimate of drug-likeness (QED) is 0.895. The van der Waals surface area contributed by atoms with Crippen LogP contribution in [0.5, 0.6) is 0 Å². The Labute approximate surface area is 129 Å². The molecule has 1 aromatic rings. The maximum Gasteiger partial charge on any atom is 0.318 e. The number of halogens is 2. The van der Waals surface area contributed by atoms with E-state index in [4.69, 9.17) is 28.3 Å². The molecule has 0 saturated carbocycles. The lowest BCUT2D eigenvalue weighted by molar-refractivity contribution is 0.167. The van der Waals surface area contributed by atoms with E-state index in [0.29, 0.717) is 16.6 Å². The number of aliphatic hydroxyl groups excluding tert-OH is 1. The van der Waals surface area contributed by atoms with E-state index in [9.17, 15) is 4.79 Å². The van der Waals surface area contributed by atoms with Crippen LogP contribution in [0, 0.1) is 0 Å². The third-order valence-corrected chi connectivity index (χ3v) is 3.24. The Balaban J connectivity index is 2.80. The molecule has 0 aliphatic rings. The smallest absolute Gasteiger partial charge is 0.318 e. The average Bonchev–Trinajstić information content (AvgIpc) is 2.31. The summed E-state index contributed by atoms with van der Waals surface area (Å²) in [6.45, 7) is 6.23. The van der Waals surface area contributed by atoms with Crippen molar-refractivity contribution >= 4 is 29.2 Å². The van der Waals surface area contributed by atoms with Gasteiger partial charge in [0.25, 0.3) is 0 Å². The molecular formula is C14H20Cl2N2O2. The van der Waals surface area contributed by atoms with Gasteiger partial charge in [0.15, 0.2) is 0 Å². The molecule has 0 aromatic heterocycles. The number of benzene rings is 1. The van der Waals surface area contributed by atoms with Gasteiger partial charge in [0.05, 0.1) is 16.7 Å². The highest BCUT2D eigenvalue weighted by atomic mass is 35.5. The van der Waals surface area contributed by atoms with E-state index in [2.05, 4.69) is 5.32 Å². The molecule has 1 aromatic carbocycles. The van der Waals surface area contributed by atoms with Crippen molar-refractivity contribution in [2.75, 3.05) is 13.2 Å². The van der Waals surface area contributed by atoms with Crippen molar-refractivity contribution in [2.45, 2.75) is 32.9 Å². The molecule has 0 radical (unpaired) electrons. The summed E-state index contributed by atoms with van der Waals surface area (Å²) in [6, 6.07) is 5.00. The van der Waals surface area contributed by atoms with E-state index in [1.54, 1.807) is 12.1 Å². The molecule has 0 atom stereocenters. The first-order chi connectivity index (χ1) is 9.23. The first kappa shape index (κ1) is 17.1. The van der Waals surface area contributed by atoms with Gasteiger partial charge in [-0.3, -0.25) is 0 Å². The Kier molecular flexibility index (Phi) is 6.11. The molecule has 4 nitrogen and oxygen atoms in total. The molecule has 0 fully saturated rings. The minimum atomic E-state index is -0.331. The first-order valence-corrected chi connectivity index (χ1v) is 7.10. The number of hydrogen-bond donors (Lipinski definition) is 2. The molecule has 0 heterocycles. The summed E-state index contributed by atoms with van der Waals surface area (Å²) in [5, 5.41) is 12.9. The van der Waals surface area contributed by atoms with Gasteiger partial charge in [0.1, 0.15) is 0 Å². The fraction of sp³-hybridized carbons (Fsp3) is 0.500. The van der Waals surface area contributed by atoms with Crippen molar-refractivity contribution in [2.24, 2.45) is 0 Å². The summed E-state index contributed by atoms with van der Waals surface area (Å²) in [6.07, 6.45) is 0. The van der Waals surface area contributed by atoms with Crippen molar-refractivity contribution in [1.29, 1.82) is 0 Å².